The summed E-state index contributed by atoms with van der Waals surface area (Å²) in [6, 6.07) is 7.49. The maximum Gasteiger partial charge on any atom is 0.256 e. The molecular formula is C27H28N6O3S. The number of hydrogen-bond donors (Lipinski definition) is 1. The number of rotatable bonds is 4. The van der Waals surface area contributed by atoms with E-state index < -0.39 is 5.41 Å². The lowest BCUT2D eigenvalue weighted by Crippen LogP contribution is -2.46. The lowest BCUT2D eigenvalue weighted by atomic mass is 9.82. The van der Waals surface area contributed by atoms with Crippen molar-refractivity contribution in [3.63, 3.8) is 0 Å². The van der Waals surface area contributed by atoms with Gasteiger partial charge in [-0.15, -0.1) is 11.3 Å². The van der Waals surface area contributed by atoms with E-state index in [4.69, 9.17) is 0 Å². The van der Waals surface area contributed by atoms with Gasteiger partial charge >= 0.3 is 0 Å². The number of imide groups is 1. The van der Waals surface area contributed by atoms with Crippen LogP contribution in [0.5, 0.6) is 0 Å². The lowest BCUT2D eigenvalue weighted by Gasteiger charge is -2.28. The van der Waals surface area contributed by atoms with Crippen LogP contribution in [-0.4, -0.2) is 63.7 Å². The molecule has 10 heteroatoms. The molecular weight excluding hydrogens is 488 g/mol. The van der Waals surface area contributed by atoms with Crippen LogP contribution < -0.4 is 5.32 Å². The highest BCUT2D eigenvalue weighted by Crippen LogP contribution is 2.41. The fraction of sp³-hybridized carbons (Fsp3) is 0.407. The van der Waals surface area contributed by atoms with Gasteiger partial charge in [0, 0.05) is 54.3 Å². The number of carbonyl (C=O) groups excluding carboxylic acids is 3. The van der Waals surface area contributed by atoms with Crippen LogP contribution in [0.4, 0.5) is 0 Å². The fourth-order valence-electron chi connectivity index (χ4n) is 5.00. The highest BCUT2D eigenvalue weighted by Gasteiger charge is 2.51. The third-order valence-corrected chi connectivity index (χ3v) is 8.66. The quantitative estimate of drug-likeness (QED) is 0.529. The van der Waals surface area contributed by atoms with Crippen LogP contribution in [0.25, 0.3) is 21.3 Å². The van der Waals surface area contributed by atoms with E-state index in [2.05, 4.69) is 21.4 Å². The van der Waals surface area contributed by atoms with Crippen molar-refractivity contribution in [3.8, 4) is 17.2 Å². The molecule has 1 unspecified atom stereocenters. The van der Waals surface area contributed by atoms with Gasteiger partial charge in [0.05, 0.1) is 33.4 Å². The third kappa shape index (κ3) is 4.18. The molecule has 3 aromatic heterocycles. The van der Waals surface area contributed by atoms with Gasteiger partial charge in [-0.2, -0.15) is 5.26 Å². The summed E-state index contributed by atoms with van der Waals surface area (Å²) in [6.07, 6.45) is 1.67. The third-order valence-electron chi connectivity index (χ3n) is 7.52. The maximum absolute atomic E-state index is 13.6. The average Bonchev–Trinajstić information content (AvgIpc) is 3.38. The molecule has 2 fully saturated rings. The molecule has 2 saturated heterocycles. The van der Waals surface area contributed by atoms with Crippen LogP contribution in [0.15, 0.2) is 24.4 Å². The van der Waals surface area contributed by atoms with Gasteiger partial charge in [-0.1, -0.05) is 20.8 Å². The molecule has 2 aliphatic rings. The lowest BCUT2D eigenvalue weighted by molar-refractivity contribution is -0.141. The van der Waals surface area contributed by atoms with Gasteiger partial charge in [0.1, 0.15) is 11.8 Å². The van der Waals surface area contributed by atoms with Crippen molar-refractivity contribution in [2.75, 3.05) is 26.2 Å². The van der Waals surface area contributed by atoms with E-state index in [1.807, 2.05) is 17.0 Å². The molecule has 0 aliphatic carbocycles. The monoisotopic (exact) mass is 516 g/mol. The first-order valence-electron chi connectivity index (χ1n) is 12.3. The minimum Gasteiger partial charge on any atom is -0.336 e. The number of piperazine rings is 1. The Balaban J connectivity index is 1.59. The second-order valence-corrected chi connectivity index (χ2v) is 11.3. The van der Waals surface area contributed by atoms with Gasteiger partial charge in [0.15, 0.2) is 0 Å². The van der Waals surface area contributed by atoms with Crippen LogP contribution in [-0.2, 0) is 16.1 Å². The van der Waals surface area contributed by atoms with Crippen LogP contribution in [0.1, 0.15) is 47.4 Å². The van der Waals surface area contributed by atoms with Crippen LogP contribution in [0.2, 0.25) is 0 Å². The Hall–Kier alpha value is -3.68. The Labute approximate surface area is 219 Å². The Kier molecular flexibility index (Phi) is 6.30. The molecule has 190 valence electrons. The smallest absolute Gasteiger partial charge is 0.256 e. The van der Waals surface area contributed by atoms with E-state index in [-0.39, 0.29) is 35.9 Å². The number of carbonyl (C=O) groups is 3. The normalized spacial score (nSPS) is 19.5. The molecule has 0 bridgehead atoms. The SMILES string of the molecule is Cc1nc(C#N)cc(-c2ccnc3cc(CN4C(=O)C(C)C(C)(C)C4=O)sc23)c1C(=O)N1CCNCC1. The average molecular weight is 517 g/mol. The summed E-state index contributed by atoms with van der Waals surface area (Å²) in [7, 11) is 0. The number of nitriles is 1. The molecule has 5 heterocycles. The highest BCUT2D eigenvalue weighted by molar-refractivity contribution is 7.19. The van der Waals surface area contributed by atoms with Crippen LogP contribution >= 0.6 is 11.3 Å². The number of amides is 3. The molecule has 3 amide bonds. The zero-order valence-electron chi connectivity index (χ0n) is 21.3. The number of likely N-dealkylation sites (tertiary alicyclic amines) is 1. The van der Waals surface area contributed by atoms with E-state index in [0.29, 0.717) is 35.4 Å². The Morgan fingerprint density at radius 2 is 1.97 bits per heavy atom. The first kappa shape index (κ1) is 25.0. The van der Waals surface area contributed by atoms with Crippen molar-refractivity contribution < 1.29 is 14.4 Å². The van der Waals surface area contributed by atoms with Gasteiger partial charge in [-0.05, 0) is 25.1 Å². The molecule has 1 N–H and O–H groups in total. The summed E-state index contributed by atoms with van der Waals surface area (Å²) in [6.45, 7) is 9.97. The zero-order chi connectivity index (χ0) is 26.5. The number of hydrogen-bond acceptors (Lipinski definition) is 8. The first-order chi connectivity index (χ1) is 17.6. The minimum atomic E-state index is -0.737. The van der Waals surface area contributed by atoms with E-state index in [1.54, 1.807) is 40.0 Å². The van der Waals surface area contributed by atoms with Crippen molar-refractivity contribution in [2.45, 2.75) is 34.2 Å². The Morgan fingerprint density at radius 1 is 1.24 bits per heavy atom. The molecule has 2 aliphatic heterocycles. The van der Waals surface area contributed by atoms with Crippen molar-refractivity contribution in [2.24, 2.45) is 11.3 Å². The van der Waals surface area contributed by atoms with Gasteiger partial charge in [0.2, 0.25) is 11.8 Å². The number of fused-ring (bicyclic) bond motifs is 1. The number of nitrogens with zero attached hydrogens (tertiary/aromatic N) is 5. The molecule has 0 aromatic carbocycles. The largest absolute Gasteiger partial charge is 0.336 e. The van der Waals surface area contributed by atoms with Gasteiger partial charge in [-0.25, -0.2) is 4.98 Å². The Morgan fingerprint density at radius 3 is 2.62 bits per heavy atom. The van der Waals surface area contributed by atoms with Gasteiger partial charge < -0.3 is 10.2 Å². The van der Waals surface area contributed by atoms with Crippen molar-refractivity contribution in [1.82, 2.24) is 25.1 Å². The molecule has 9 nitrogen and oxygen atoms in total. The number of aryl methyl sites for hydroxylation is 1. The Bertz CT molecular complexity index is 1480. The number of pyridine rings is 2. The fourth-order valence-corrected chi connectivity index (χ4v) is 6.13. The zero-order valence-corrected chi connectivity index (χ0v) is 22.1. The first-order valence-corrected chi connectivity index (χ1v) is 13.1. The summed E-state index contributed by atoms with van der Waals surface area (Å²) >= 11 is 1.44. The van der Waals surface area contributed by atoms with Gasteiger partial charge in [-0.3, -0.25) is 24.3 Å². The van der Waals surface area contributed by atoms with Crippen molar-refractivity contribution in [1.29, 1.82) is 5.26 Å². The molecule has 0 spiro atoms. The summed E-state index contributed by atoms with van der Waals surface area (Å²) < 4.78 is 0.827. The molecule has 0 radical (unpaired) electrons. The number of nitrogens with one attached hydrogen (secondary N) is 1. The van der Waals surface area contributed by atoms with Gasteiger partial charge in [0.25, 0.3) is 5.91 Å². The topological polar surface area (TPSA) is 119 Å². The second-order valence-electron chi connectivity index (χ2n) is 10.1. The predicted molar refractivity (Wildman–Crippen MR) is 140 cm³/mol. The second kappa shape index (κ2) is 9.32. The molecule has 3 aromatic rings. The van der Waals surface area contributed by atoms with E-state index in [1.165, 1.54) is 16.2 Å². The summed E-state index contributed by atoms with van der Waals surface area (Å²) in [4.78, 5) is 52.2. The molecule has 37 heavy (non-hydrogen) atoms. The van der Waals surface area contributed by atoms with E-state index in [0.717, 1.165) is 28.2 Å². The van der Waals surface area contributed by atoms with E-state index >= 15 is 0 Å². The van der Waals surface area contributed by atoms with Crippen molar-refractivity contribution in [3.05, 3.63) is 46.2 Å². The standard InChI is InChI=1S/C27H28N6O3S/c1-15-24(34)33(26(36)27(15,3)4)14-18-12-21-23(37-18)19(5-6-30-21)20-11-17(13-28)31-16(2)22(20)25(35)32-9-7-29-8-10-32/h5-6,11-12,15,29H,7-10,14H2,1-4H3. The minimum absolute atomic E-state index is 0.114. The predicted octanol–water partition coefficient (Wildman–Crippen LogP) is 3.11. The summed E-state index contributed by atoms with van der Waals surface area (Å²) in [5.74, 6) is -0.848. The van der Waals surface area contributed by atoms with Crippen LogP contribution in [0.3, 0.4) is 0 Å². The van der Waals surface area contributed by atoms with E-state index in [9.17, 15) is 19.6 Å². The highest BCUT2D eigenvalue weighted by atomic mass is 32.1. The molecule has 1 atom stereocenters. The van der Waals surface area contributed by atoms with Crippen molar-refractivity contribution >= 4 is 39.3 Å². The summed E-state index contributed by atoms with van der Waals surface area (Å²) in [5.41, 5.74) is 2.59. The molecule has 5 rings (SSSR count). The number of aromatic nitrogens is 2. The number of thiophene rings is 1. The molecule has 0 saturated carbocycles. The summed E-state index contributed by atoms with van der Waals surface area (Å²) in [5, 5.41) is 12.9. The maximum atomic E-state index is 13.6. The van der Waals surface area contributed by atoms with Crippen LogP contribution in [0, 0.1) is 29.6 Å².